The molecule has 1 aromatic carbocycles. The van der Waals surface area contributed by atoms with Crippen molar-refractivity contribution >= 4 is 35.2 Å². The van der Waals surface area contributed by atoms with Gasteiger partial charge in [0.25, 0.3) is 5.91 Å². The number of carbonyl (C=O) groups excluding carboxylic acids is 3. The van der Waals surface area contributed by atoms with Crippen LogP contribution in [-0.4, -0.2) is 70.5 Å². The third kappa shape index (κ3) is 5.30. The summed E-state index contributed by atoms with van der Waals surface area (Å²) in [6.07, 6.45) is 0. The molecule has 2 heterocycles. The summed E-state index contributed by atoms with van der Waals surface area (Å²) in [5, 5.41) is 3.43. The molecule has 1 atom stereocenters. The first-order valence-electron chi connectivity index (χ1n) is 11.1. The second-order valence-electron chi connectivity index (χ2n) is 8.71. The largest absolute Gasteiger partial charge is 0.465 e. The Morgan fingerprint density at radius 3 is 2.47 bits per heavy atom. The number of piperazine rings is 1. The highest BCUT2D eigenvalue weighted by Gasteiger charge is 2.34. The number of amides is 3. The van der Waals surface area contributed by atoms with Crippen molar-refractivity contribution in [3.63, 3.8) is 0 Å². The summed E-state index contributed by atoms with van der Waals surface area (Å²) >= 11 is 6.16. The third-order valence-electron chi connectivity index (χ3n) is 5.79. The number of urea groups is 1. The van der Waals surface area contributed by atoms with Gasteiger partial charge in [0.05, 0.1) is 12.8 Å². The van der Waals surface area contributed by atoms with Crippen LogP contribution in [0.5, 0.6) is 0 Å². The Morgan fingerprint density at radius 2 is 1.88 bits per heavy atom. The van der Waals surface area contributed by atoms with Crippen LogP contribution in [0, 0.1) is 13.8 Å². The number of hydrogen-bond donors (Lipinski definition) is 1. The van der Waals surface area contributed by atoms with E-state index in [-0.39, 0.29) is 35.2 Å². The van der Waals surface area contributed by atoms with Crippen molar-refractivity contribution in [2.24, 2.45) is 0 Å². The van der Waals surface area contributed by atoms with E-state index in [1.165, 1.54) is 7.11 Å². The summed E-state index contributed by atoms with van der Waals surface area (Å²) in [4.78, 5) is 50.8. The maximum atomic E-state index is 13.4. The lowest BCUT2D eigenvalue weighted by molar-refractivity contribution is 0.0550. The molecule has 1 aliphatic rings. The Bertz CT molecular complexity index is 1120. The van der Waals surface area contributed by atoms with E-state index in [1.807, 2.05) is 33.8 Å². The van der Waals surface area contributed by atoms with E-state index in [0.717, 1.165) is 5.56 Å². The number of ether oxygens (including phenoxy) is 1. The highest BCUT2D eigenvalue weighted by Crippen LogP contribution is 2.24. The standard InChI is InChI=1S/C24H30ClN5O4/c1-13(2)20-19(23(32)34-6)21(27-16(5)26-20)22(31)29-9-10-30(15(4)12-29)24(33)28-17-8-7-14(3)18(25)11-17/h7-8,11,13,15H,9-10,12H2,1-6H3,(H,28,33). The molecule has 1 fully saturated rings. The summed E-state index contributed by atoms with van der Waals surface area (Å²) in [6, 6.07) is 4.81. The highest BCUT2D eigenvalue weighted by molar-refractivity contribution is 6.31. The number of carbonyl (C=O) groups is 3. The molecule has 1 aromatic heterocycles. The molecule has 0 spiro atoms. The minimum absolute atomic E-state index is 0.0300. The topological polar surface area (TPSA) is 105 Å². The Morgan fingerprint density at radius 1 is 1.18 bits per heavy atom. The Labute approximate surface area is 204 Å². The first-order chi connectivity index (χ1) is 16.0. The molecule has 10 heteroatoms. The summed E-state index contributed by atoms with van der Waals surface area (Å²) in [6.45, 7) is 10.1. The van der Waals surface area contributed by atoms with Gasteiger partial charge >= 0.3 is 12.0 Å². The van der Waals surface area contributed by atoms with Crippen molar-refractivity contribution in [2.75, 3.05) is 32.1 Å². The average molecular weight is 488 g/mol. The molecule has 3 amide bonds. The number of methoxy groups -OCH3 is 1. The van der Waals surface area contributed by atoms with Gasteiger partial charge < -0.3 is 19.9 Å². The molecular weight excluding hydrogens is 458 g/mol. The summed E-state index contributed by atoms with van der Waals surface area (Å²) in [5.41, 5.74) is 2.13. The minimum atomic E-state index is -0.644. The van der Waals surface area contributed by atoms with Gasteiger partial charge in [-0.3, -0.25) is 4.79 Å². The lowest BCUT2D eigenvalue weighted by Gasteiger charge is -2.39. The molecule has 1 aliphatic heterocycles. The number of hydrogen-bond acceptors (Lipinski definition) is 6. The van der Waals surface area contributed by atoms with Gasteiger partial charge in [-0.2, -0.15) is 0 Å². The van der Waals surface area contributed by atoms with Gasteiger partial charge in [0.2, 0.25) is 0 Å². The van der Waals surface area contributed by atoms with E-state index in [9.17, 15) is 14.4 Å². The lowest BCUT2D eigenvalue weighted by atomic mass is 10.0. The molecule has 34 heavy (non-hydrogen) atoms. The van der Waals surface area contributed by atoms with E-state index in [2.05, 4.69) is 15.3 Å². The molecule has 0 aliphatic carbocycles. The number of nitrogens with one attached hydrogen (secondary N) is 1. The minimum Gasteiger partial charge on any atom is -0.465 e. The Balaban J connectivity index is 1.79. The van der Waals surface area contributed by atoms with E-state index in [1.54, 1.807) is 28.9 Å². The van der Waals surface area contributed by atoms with Crippen LogP contribution < -0.4 is 5.32 Å². The molecule has 182 valence electrons. The van der Waals surface area contributed by atoms with E-state index < -0.39 is 5.97 Å². The number of esters is 1. The zero-order valence-electron chi connectivity index (χ0n) is 20.3. The second-order valence-corrected chi connectivity index (χ2v) is 9.12. The molecule has 2 aromatic rings. The summed E-state index contributed by atoms with van der Waals surface area (Å²) in [5.74, 6) is -0.723. The molecule has 0 radical (unpaired) electrons. The fraction of sp³-hybridized carbons (Fsp3) is 0.458. The lowest BCUT2D eigenvalue weighted by Crippen LogP contribution is -2.56. The molecule has 1 saturated heterocycles. The average Bonchev–Trinajstić information content (AvgIpc) is 2.79. The van der Waals surface area contributed by atoms with E-state index >= 15 is 0 Å². The smallest absolute Gasteiger partial charge is 0.342 e. The van der Waals surface area contributed by atoms with Crippen LogP contribution in [-0.2, 0) is 4.74 Å². The SMILES string of the molecule is COC(=O)c1c(C(=O)N2CCN(C(=O)Nc3ccc(C)c(Cl)c3)C(C)C2)nc(C)nc1C(C)C. The monoisotopic (exact) mass is 487 g/mol. The van der Waals surface area contributed by atoms with E-state index in [0.29, 0.717) is 41.9 Å². The van der Waals surface area contributed by atoms with Gasteiger partial charge in [0.1, 0.15) is 17.1 Å². The maximum absolute atomic E-state index is 13.4. The first-order valence-corrected chi connectivity index (χ1v) is 11.5. The highest BCUT2D eigenvalue weighted by atomic mass is 35.5. The van der Waals surface area contributed by atoms with Crippen LogP contribution in [0.1, 0.15) is 64.6 Å². The first kappa shape index (κ1) is 25.4. The zero-order chi connectivity index (χ0) is 25.2. The van der Waals surface area contributed by atoms with Crippen LogP contribution in [0.15, 0.2) is 18.2 Å². The predicted octanol–water partition coefficient (Wildman–Crippen LogP) is 4.04. The Kier molecular flexibility index (Phi) is 7.76. The summed E-state index contributed by atoms with van der Waals surface area (Å²) < 4.78 is 4.93. The molecule has 9 nitrogen and oxygen atoms in total. The predicted molar refractivity (Wildman–Crippen MR) is 129 cm³/mol. The number of anilines is 1. The van der Waals surface area contributed by atoms with Crippen molar-refractivity contribution in [1.29, 1.82) is 0 Å². The fourth-order valence-electron chi connectivity index (χ4n) is 3.93. The van der Waals surface area contributed by atoms with Crippen molar-refractivity contribution in [2.45, 2.75) is 46.6 Å². The quantitative estimate of drug-likeness (QED) is 0.653. The number of rotatable bonds is 4. The van der Waals surface area contributed by atoms with Gasteiger partial charge in [-0.1, -0.05) is 31.5 Å². The van der Waals surface area contributed by atoms with Crippen molar-refractivity contribution in [3.05, 3.63) is 51.6 Å². The van der Waals surface area contributed by atoms with Crippen LogP contribution in [0.2, 0.25) is 5.02 Å². The molecule has 1 N–H and O–H groups in total. The van der Waals surface area contributed by atoms with Gasteiger partial charge in [-0.25, -0.2) is 19.6 Å². The van der Waals surface area contributed by atoms with Crippen LogP contribution in [0.25, 0.3) is 0 Å². The third-order valence-corrected chi connectivity index (χ3v) is 6.19. The molecule has 3 rings (SSSR count). The zero-order valence-corrected chi connectivity index (χ0v) is 21.1. The van der Waals surface area contributed by atoms with Gasteiger partial charge in [-0.15, -0.1) is 0 Å². The molecular formula is C24H30ClN5O4. The van der Waals surface area contributed by atoms with Crippen LogP contribution >= 0.6 is 11.6 Å². The molecule has 1 unspecified atom stereocenters. The maximum Gasteiger partial charge on any atom is 0.342 e. The van der Waals surface area contributed by atoms with Crippen LogP contribution in [0.4, 0.5) is 10.5 Å². The van der Waals surface area contributed by atoms with Crippen molar-refractivity contribution in [1.82, 2.24) is 19.8 Å². The molecule has 0 bridgehead atoms. The Hall–Kier alpha value is -3.20. The summed E-state index contributed by atoms with van der Waals surface area (Å²) in [7, 11) is 1.27. The van der Waals surface area contributed by atoms with E-state index in [4.69, 9.17) is 16.3 Å². The van der Waals surface area contributed by atoms with Gasteiger partial charge in [-0.05, 0) is 44.4 Å². The number of nitrogens with zero attached hydrogens (tertiary/aromatic N) is 4. The fourth-order valence-corrected chi connectivity index (χ4v) is 4.11. The van der Waals surface area contributed by atoms with Crippen molar-refractivity contribution in [3.8, 4) is 0 Å². The van der Waals surface area contributed by atoms with Crippen LogP contribution in [0.3, 0.4) is 0 Å². The second kappa shape index (κ2) is 10.4. The normalized spacial score (nSPS) is 15.9. The van der Waals surface area contributed by atoms with Crippen molar-refractivity contribution < 1.29 is 19.1 Å². The number of aryl methyl sites for hydroxylation is 2. The number of halogens is 1. The number of benzene rings is 1. The number of aromatic nitrogens is 2. The molecule has 0 saturated carbocycles. The van der Waals surface area contributed by atoms with Gasteiger partial charge in [0.15, 0.2) is 0 Å². The van der Waals surface area contributed by atoms with Gasteiger partial charge in [0, 0.05) is 36.4 Å².